The molecular weight excluding hydrogens is 386 g/mol. The molecule has 6 nitrogen and oxygen atoms in total. The van der Waals surface area contributed by atoms with Crippen LogP contribution in [-0.4, -0.2) is 36.0 Å². The zero-order valence-corrected chi connectivity index (χ0v) is 17.8. The van der Waals surface area contributed by atoms with Crippen LogP contribution in [0.5, 0.6) is 0 Å². The molecule has 4 rings (SSSR count). The molecule has 0 spiro atoms. The molecule has 0 bridgehead atoms. The Morgan fingerprint density at radius 1 is 1.00 bits per heavy atom. The van der Waals surface area contributed by atoms with Gasteiger partial charge in [-0.3, -0.25) is 14.8 Å². The van der Waals surface area contributed by atoms with Gasteiger partial charge in [0.2, 0.25) is 0 Å². The quantitative estimate of drug-likeness (QED) is 0.567. The molecule has 0 unspecified atom stereocenters. The van der Waals surface area contributed by atoms with E-state index in [-0.39, 0.29) is 5.91 Å². The first kappa shape index (κ1) is 20.6. The first-order valence-corrected chi connectivity index (χ1v) is 10.6. The second-order valence-electron chi connectivity index (χ2n) is 7.66. The first-order chi connectivity index (χ1) is 15.2. The highest BCUT2D eigenvalue weighted by atomic mass is 16.1. The van der Waals surface area contributed by atoms with Gasteiger partial charge < -0.3 is 15.5 Å². The molecule has 1 aliphatic heterocycles. The molecule has 158 valence electrons. The Morgan fingerprint density at radius 2 is 1.84 bits per heavy atom. The lowest BCUT2D eigenvalue weighted by molar-refractivity contribution is -0.111. The van der Waals surface area contributed by atoms with Crippen LogP contribution in [0.15, 0.2) is 67.8 Å². The number of nitrogens with one attached hydrogen (secondary N) is 2. The van der Waals surface area contributed by atoms with Crippen LogP contribution in [0.2, 0.25) is 0 Å². The molecule has 31 heavy (non-hydrogen) atoms. The molecule has 3 aromatic rings. The normalized spacial score (nSPS) is 13.5. The first-order valence-electron chi connectivity index (χ1n) is 10.6. The van der Waals surface area contributed by atoms with Crippen molar-refractivity contribution < 1.29 is 4.79 Å². The summed E-state index contributed by atoms with van der Waals surface area (Å²) >= 11 is 0. The molecule has 1 fully saturated rings. The third-order valence-electron chi connectivity index (χ3n) is 5.59. The van der Waals surface area contributed by atoms with E-state index < -0.39 is 0 Å². The van der Waals surface area contributed by atoms with Crippen molar-refractivity contribution in [1.82, 2.24) is 9.97 Å². The molecule has 2 aromatic heterocycles. The van der Waals surface area contributed by atoms with Gasteiger partial charge in [0.05, 0.1) is 23.8 Å². The number of amides is 1. The summed E-state index contributed by atoms with van der Waals surface area (Å²) < 4.78 is 0. The van der Waals surface area contributed by atoms with Gasteiger partial charge in [0.1, 0.15) is 0 Å². The molecule has 3 heterocycles. The third kappa shape index (κ3) is 4.74. The van der Waals surface area contributed by atoms with Crippen molar-refractivity contribution >= 4 is 28.5 Å². The van der Waals surface area contributed by atoms with Gasteiger partial charge in [-0.25, -0.2) is 0 Å². The van der Waals surface area contributed by atoms with Gasteiger partial charge in [-0.05, 0) is 55.2 Å². The Kier molecular flexibility index (Phi) is 6.26. The predicted molar refractivity (Wildman–Crippen MR) is 127 cm³/mol. The van der Waals surface area contributed by atoms with Gasteiger partial charge in [0.15, 0.2) is 0 Å². The van der Waals surface area contributed by atoms with Crippen molar-refractivity contribution in [2.24, 2.45) is 0 Å². The fraction of sp³-hybridized carbons (Fsp3) is 0.240. The summed E-state index contributed by atoms with van der Waals surface area (Å²) in [4.78, 5) is 23.7. The molecule has 0 atom stereocenters. The smallest absolute Gasteiger partial charge is 0.255 e. The second kappa shape index (κ2) is 9.43. The highest BCUT2D eigenvalue weighted by Crippen LogP contribution is 2.31. The topological polar surface area (TPSA) is 70.2 Å². The number of carbonyl (C=O) groups is 1. The Labute approximate surface area is 183 Å². The lowest BCUT2D eigenvalue weighted by Crippen LogP contribution is -2.29. The standard InChI is InChI=1S/C25H27N5O/c1-18(25(31)29-21-7-6-10-27-16-21)23-14-19(8-9-24(23)26-2)20-13-22(17-28-15-20)30-11-4-3-5-12-30/h6-10,13-17,26H,1,3-5,11-12H2,2H3,(H,29,31). The van der Waals surface area contributed by atoms with Crippen LogP contribution >= 0.6 is 0 Å². The van der Waals surface area contributed by atoms with E-state index in [2.05, 4.69) is 38.1 Å². The van der Waals surface area contributed by atoms with Crippen LogP contribution in [-0.2, 0) is 4.79 Å². The Hall–Kier alpha value is -3.67. The number of nitrogens with zero attached hydrogens (tertiary/aromatic N) is 3. The van der Waals surface area contributed by atoms with E-state index in [1.54, 1.807) is 24.5 Å². The number of rotatable bonds is 6. The fourth-order valence-corrected chi connectivity index (χ4v) is 3.87. The SMILES string of the molecule is C=C(C(=O)Nc1cccnc1)c1cc(-c2cncc(N3CCCCC3)c2)ccc1NC. The minimum Gasteiger partial charge on any atom is -0.388 e. The predicted octanol–water partition coefficient (Wildman–Crippen LogP) is 4.83. The number of benzene rings is 1. The molecule has 1 saturated heterocycles. The maximum Gasteiger partial charge on any atom is 0.255 e. The minimum atomic E-state index is -0.262. The van der Waals surface area contributed by atoms with Crippen LogP contribution in [0.25, 0.3) is 16.7 Å². The molecule has 1 amide bonds. The monoisotopic (exact) mass is 413 g/mol. The molecule has 0 saturated carbocycles. The van der Waals surface area contributed by atoms with E-state index in [4.69, 9.17) is 0 Å². The van der Waals surface area contributed by atoms with E-state index in [1.165, 1.54) is 19.3 Å². The Bertz CT molecular complexity index is 1070. The largest absolute Gasteiger partial charge is 0.388 e. The second-order valence-corrected chi connectivity index (χ2v) is 7.66. The highest BCUT2D eigenvalue weighted by molar-refractivity contribution is 6.25. The summed E-state index contributed by atoms with van der Waals surface area (Å²) in [6, 6.07) is 11.8. The van der Waals surface area contributed by atoms with Crippen molar-refractivity contribution in [1.29, 1.82) is 0 Å². The summed E-state index contributed by atoms with van der Waals surface area (Å²) in [5, 5.41) is 6.02. The van der Waals surface area contributed by atoms with Crippen molar-refractivity contribution in [3.05, 3.63) is 73.3 Å². The average Bonchev–Trinajstić information content (AvgIpc) is 2.84. The van der Waals surface area contributed by atoms with Gasteiger partial charge in [-0.1, -0.05) is 12.6 Å². The maximum atomic E-state index is 12.8. The highest BCUT2D eigenvalue weighted by Gasteiger charge is 2.16. The molecule has 0 aliphatic carbocycles. The molecule has 0 radical (unpaired) electrons. The van der Waals surface area contributed by atoms with Gasteiger partial charge in [0, 0.05) is 54.9 Å². The molecule has 2 N–H and O–H groups in total. The summed E-state index contributed by atoms with van der Waals surface area (Å²) in [5.74, 6) is -0.262. The van der Waals surface area contributed by atoms with Crippen LogP contribution < -0.4 is 15.5 Å². The van der Waals surface area contributed by atoms with Crippen molar-refractivity contribution in [2.75, 3.05) is 35.7 Å². The number of pyridine rings is 2. The van der Waals surface area contributed by atoms with Crippen LogP contribution in [0, 0.1) is 0 Å². The molecule has 1 aliphatic rings. The zero-order chi connectivity index (χ0) is 21.6. The van der Waals surface area contributed by atoms with E-state index in [0.29, 0.717) is 11.3 Å². The summed E-state index contributed by atoms with van der Waals surface area (Å²) in [5.41, 5.74) is 5.78. The fourth-order valence-electron chi connectivity index (χ4n) is 3.87. The van der Waals surface area contributed by atoms with Gasteiger partial charge in [-0.15, -0.1) is 0 Å². The maximum absolute atomic E-state index is 12.8. The van der Waals surface area contributed by atoms with Crippen LogP contribution in [0.4, 0.5) is 17.1 Å². The van der Waals surface area contributed by atoms with Crippen molar-refractivity contribution in [3.63, 3.8) is 0 Å². The van der Waals surface area contributed by atoms with Crippen molar-refractivity contribution in [3.8, 4) is 11.1 Å². The minimum absolute atomic E-state index is 0.262. The van der Waals surface area contributed by atoms with Crippen LogP contribution in [0.1, 0.15) is 24.8 Å². The van der Waals surface area contributed by atoms with Crippen LogP contribution in [0.3, 0.4) is 0 Å². The number of piperidine rings is 1. The third-order valence-corrected chi connectivity index (χ3v) is 5.59. The molecular formula is C25H27N5O. The Morgan fingerprint density at radius 3 is 2.58 bits per heavy atom. The van der Waals surface area contributed by atoms with Gasteiger partial charge in [0.25, 0.3) is 5.91 Å². The lowest BCUT2D eigenvalue weighted by atomic mass is 9.98. The van der Waals surface area contributed by atoms with E-state index in [0.717, 1.165) is 41.2 Å². The van der Waals surface area contributed by atoms with E-state index in [9.17, 15) is 4.79 Å². The number of anilines is 3. The van der Waals surface area contributed by atoms with E-state index in [1.807, 2.05) is 37.6 Å². The number of aromatic nitrogens is 2. The summed E-state index contributed by atoms with van der Waals surface area (Å²) in [6.07, 6.45) is 10.8. The van der Waals surface area contributed by atoms with E-state index >= 15 is 0 Å². The number of hydrogen-bond acceptors (Lipinski definition) is 5. The Balaban J connectivity index is 1.61. The van der Waals surface area contributed by atoms with Gasteiger partial charge >= 0.3 is 0 Å². The van der Waals surface area contributed by atoms with Crippen molar-refractivity contribution in [2.45, 2.75) is 19.3 Å². The summed E-state index contributed by atoms with van der Waals surface area (Å²) in [7, 11) is 1.84. The zero-order valence-electron chi connectivity index (χ0n) is 17.8. The average molecular weight is 414 g/mol. The number of hydrogen-bond donors (Lipinski definition) is 2. The lowest BCUT2D eigenvalue weighted by Gasteiger charge is -2.28. The molecule has 6 heteroatoms. The molecule has 1 aromatic carbocycles. The van der Waals surface area contributed by atoms with Gasteiger partial charge in [-0.2, -0.15) is 0 Å². The summed E-state index contributed by atoms with van der Waals surface area (Å²) in [6.45, 7) is 6.20. The number of carbonyl (C=O) groups excluding carboxylic acids is 1.